The van der Waals surface area contributed by atoms with E-state index in [-0.39, 0.29) is 31.1 Å². The van der Waals surface area contributed by atoms with E-state index in [4.69, 9.17) is 14.2 Å². The van der Waals surface area contributed by atoms with Gasteiger partial charge in [0.2, 0.25) is 0 Å². The van der Waals surface area contributed by atoms with Crippen molar-refractivity contribution in [1.29, 1.82) is 0 Å². The van der Waals surface area contributed by atoms with E-state index in [1.54, 1.807) is 0 Å². The van der Waals surface area contributed by atoms with E-state index in [0.717, 1.165) is 77.0 Å². The number of ether oxygens (including phenoxy) is 3. The number of carbonyl (C=O) groups excluding carboxylic acids is 3. The molecule has 1 unspecified atom stereocenters. The van der Waals surface area contributed by atoms with Crippen LogP contribution in [0.3, 0.4) is 0 Å². The molecule has 0 saturated heterocycles. The molecule has 0 saturated carbocycles. The Morgan fingerprint density at radius 1 is 0.370 bits per heavy atom. The van der Waals surface area contributed by atoms with Gasteiger partial charge in [0.25, 0.3) is 0 Å². The lowest BCUT2D eigenvalue weighted by Gasteiger charge is -2.18. The molecule has 54 heavy (non-hydrogen) atoms. The van der Waals surface area contributed by atoms with Gasteiger partial charge >= 0.3 is 17.9 Å². The van der Waals surface area contributed by atoms with Crippen LogP contribution in [0, 0.1) is 0 Å². The smallest absolute Gasteiger partial charge is 0.306 e. The molecule has 6 nitrogen and oxygen atoms in total. The monoisotopic (exact) mass is 757 g/mol. The highest BCUT2D eigenvalue weighted by Crippen LogP contribution is 2.12. The molecule has 0 amide bonds. The highest BCUT2D eigenvalue weighted by atomic mass is 16.6. The Morgan fingerprint density at radius 3 is 1.20 bits per heavy atom. The maximum Gasteiger partial charge on any atom is 0.306 e. The van der Waals surface area contributed by atoms with E-state index in [0.29, 0.717) is 25.7 Å². The molecule has 0 aliphatic rings. The molecule has 0 spiro atoms. The SMILES string of the molecule is CCCC/C=C\CCCCCCCC(=O)OC(COC(=O)CCC/C=C\CCCCCC)COC(=O)CCCCC/C=C\C=C/CCCCCCCCC. The van der Waals surface area contributed by atoms with Crippen molar-refractivity contribution in [1.82, 2.24) is 0 Å². The Morgan fingerprint density at radius 2 is 0.704 bits per heavy atom. The molecular weight excluding hydrogens is 673 g/mol. The fraction of sp³-hybridized carbons (Fsp3) is 0.771. The summed E-state index contributed by atoms with van der Waals surface area (Å²) >= 11 is 0. The van der Waals surface area contributed by atoms with Gasteiger partial charge in [-0.15, -0.1) is 0 Å². The lowest BCUT2D eigenvalue weighted by molar-refractivity contribution is -0.167. The van der Waals surface area contributed by atoms with Crippen molar-refractivity contribution in [3.8, 4) is 0 Å². The minimum absolute atomic E-state index is 0.0989. The minimum Gasteiger partial charge on any atom is -0.462 e. The van der Waals surface area contributed by atoms with Crippen molar-refractivity contribution >= 4 is 17.9 Å². The maximum atomic E-state index is 12.7. The summed E-state index contributed by atoms with van der Waals surface area (Å²) in [6.07, 6.45) is 49.6. The average molecular weight is 757 g/mol. The molecule has 0 radical (unpaired) electrons. The normalized spacial score (nSPS) is 12.4. The van der Waals surface area contributed by atoms with Gasteiger partial charge in [0.1, 0.15) is 13.2 Å². The Kier molecular flexibility index (Phi) is 41.0. The quantitative estimate of drug-likeness (QED) is 0.0204. The third kappa shape index (κ3) is 40.6. The van der Waals surface area contributed by atoms with Crippen molar-refractivity contribution in [3.63, 3.8) is 0 Å². The van der Waals surface area contributed by atoms with Crippen molar-refractivity contribution in [3.05, 3.63) is 48.6 Å². The number of hydrogen-bond donors (Lipinski definition) is 0. The summed E-state index contributed by atoms with van der Waals surface area (Å²) in [6.45, 7) is 6.49. The first kappa shape index (κ1) is 51.4. The van der Waals surface area contributed by atoms with Gasteiger partial charge in [-0.3, -0.25) is 14.4 Å². The van der Waals surface area contributed by atoms with Gasteiger partial charge in [-0.2, -0.15) is 0 Å². The molecule has 0 aliphatic heterocycles. The molecule has 0 aliphatic carbocycles. The third-order valence-corrected chi connectivity index (χ3v) is 9.55. The molecule has 6 heteroatoms. The van der Waals surface area contributed by atoms with Crippen molar-refractivity contribution in [2.45, 2.75) is 226 Å². The first-order valence-electron chi connectivity index (χ1n) is 22.7. The van der Waals surface area contributed by atoms with Gasteiger partial charge in [0.05, 0.1) is 0 Å². The van der Waals surface area contributed by atoms with Gasteiger partial charge in [-0.05, 0) is 83.5 Å². The highest BCUT2D eigenvalue weighted by Gasteiger charge is 2.19. The number of rotatable bonds is 40. The van der Waals surface area contributed by atoms with Crippen LogP contribution < -0.4 is 0 Å². The van der Waals surface area contributed by atoms with E-state index in [1.165, 1.54) is 96.3 Å². The fourth-order valence-electron chi connectivity index (χ4n) is 6.06. The van der Waals surface area contributed by atoms with Crippen LogP contribution >= 0.6 is 0 Å². The van der Waals surface area contributed by atoms with E-state index in [2.05, 4.69) is 69.4 Å². The van der Waals surface area contributed by atoms with Crippen molar-refractivity contribution < 1.29 is 28.6 Å². The molecule has 0 aromatic rings. The van der Waals surface area contributed by atoms with Crippen LogP contribution in [-0.2, 0) is 28.6 Å². The van der Waals surface area contributed by atoms with Gasteiger partial charge in [0, 0.05) is 19.3 Å². The lowest BCUT2D eigenvalue weighted by atomic mass is 10.1. The summed E-state index contributed by atoms with van der Waals surface area (Å²) in [6, 6.07) is 0. The predicted octanol–water partition coefficient (Wildman–Crippen LogP) is 14.4. The molecule has 0 rings (SSSR count). The highest BCUT2D eigenvalue weighted by molar-refractivity contribution is 5.71. The molecule has 0 aromatic heterocycles. The van der Waals surface area contributed by atoms with Gasteiger partial charge in [-0.25, -0.2) is 0 Å². The zero-order chi connectivity index (χ0) is 39.4. The zero-order valence-corrected chi connectivity index (χ0v) is 35.5. The van der Waals surface area contributed by atoms with Crippen LogP contribution in [-0.4, -0.2) is 37.2 Å². The first-order valence-corrected chi connectivity index (χ1v) is 22.7. The van der Waals surface area contributed by atoms with E-state index in [9.17, 15) is 14.4 Å². The van der Waals surface area contributed by atoms with Crippen LogP contribution in [0.2, 0.25) is 0 Å². The summed E-state index contributed by atoms with van der Waals surface area (Å²) < 4.78 is 16.6. The third-order valence-electron chi connectivity index (χ3n) is 9.55. The van der Waals surface area contributed by atoms with Crippen LogP contribution in [0.4, 0.5) is 0 Å². The predicted molar refractivity (Wildman–Crippen MR) is 229 cm³/mol. The number of esters is 3. The molecule has 312 valence electrons. The Bertz CT molecular complexity index is 964. The second-order valence-corrected chi connectivity index (χ2v) is 15.0. The van der Waals surface area contributed by atoms with Gasteiger partial charge in [-0.1, -0.05) is 166 Å². The Hall–Kier alpha value is -2.63. The van der Waals surface area contributed by atoms with Crippen molar-refractivity contribution in [2.75, 3.05) is 13.2 Å². The summed E-state index contributed by atoms with van der Waals surface area (Å²) in [5.74, 6) is -0.972. The number of carbonyl (C=O) groups is 3. The Balaban J connectivity index is 4.41. The standard InChI is InChI=1S/C48H84O6/c1-4-7-10-13-16-19-21-22-23-24-25-27-29-32-35-38-41-47(50)53-44-45(43-52-46(49)40-37-34-31-28-18-15-12-9-6-3)54-48(51)42-39-36-33-30-26-20-17-14-11-8-5-2/h14,17,23-25,27-28,31,45H,4-13,15-16,18-22,26,29-30,32-44H2,1-3H3/b17-14-,24-23-,27-25-,31-28-. The number of hydrogen-bond acceptors (Lipinski definition) is 6. The largest absolute Gasteiger partial charge is 0.462 e. The second-order valence-electron chi connectivity index (χ2n) is 15.0. The van der Waals surface area contributed by atoms with Gasteiger partial charge < -0.3 is 14.2 Å². The molecule has 0 aromatic carbocycles. The summed E-state index contributed by atoms with van der Waals surface area (Å²) in [5.41, 5.74) is 0. The molecule has 0 bridgehead atoms. The summed E-state index contributed by atoms with van der Waals surface area (Å²) in [4.78, 5) is 37.6. The van der Waals surface area contributed by atoms with E-state index < -0.39 is 6.10 Å². The zero-order valence-electron chi connectivity index (χ0n) is 35.5. The van der Waals surface area contributed by atoms with Crippen LogP contribution in [0.5, 0.6) is 0 Å². The minimum atomic E-state index is -0.795. The lowest BCUT2D eigenvalue weighted by Crippen LogP contribution is -2.30. The second kappa shape index (κ2) is 43.1. The molecular formula is C48H84O6. The summed E-state index contributed by atoms with van der Waals surface area (Å²) in [7, 11) is 0. The van der Waals surface area contributed by atoms with Crippen molar-refractivity contribution in [2.24, 2.45) is 0 Å². The maximum absolute atomic E-state index is 12.7. The molecule has 0 N–H and O–H groups in total. The van der Waals surface area contributed by atoms with E-state index >= 15 is 0 Å². The fourth-order valence-corrected chi connectivity index (χ4v) is 6.06. The molecule has 0 heterocycles. The molecule has 1 atom stereocenters. The van der Waals surface area contributed by atoms with Gasteiger partial charge in [0.15, 0.2) is 6.10 Å². The first-order chi connectivity index (χ1) is 26.5. The average Bonchev–Trinajstić information content (AvgIpc) is 3.17. The Labute approximate surface area is 333 Å². The van der Waals surface area contributed by atoms with Crippen LogP contribution in [0.1, 0.15) is 220 Å². The number of unbranched alkanes of at least 4 members (excludes halogenated alkanes) is 22. The van der Waals surface area contributed by atoms with Crippen LogP contribution in [0.25, 0.3) is 0 Å². The topological polar surface area (TPSA) is 78.9 Å². The number of allylic oxidation sites excluding steroid dienone is 8. The van der Waals surface area contributed by atoms with E-state index in [1.807, 2.05) is 0 Å². The molecule has 0 fully saturated rings. The van der Waals surface area contributed by atoms with Crippen LogP contribution in [0.15, 0.2) is 48.6 Å². The summed E-state index contributed by atoms with van der Waals surface area (Å²) in [5, 5.41) is 0.